The Kier molecular flexibility index (Phi) is 4.32. The monoisotopic (exact) mass is 276 g/mol. The molecule has 0 bridgehead atoms. The van der Waals surface area contributed by atoms with Gasteiger partial charge in [-0.1, -0.05) is 20.8 Å². The van der Waals surface area contributed by atoms with Gasteiger partial charge in [0.25, 0.3) is 0 Å². The van der Waals surface area contributed by atoms with Gasteiger partial charge >= 0.3 is 0 Å². The highest BCUT2D eigenvalue weighted by molar-refractivity contribution is 5.97. The van der Waals surface area contributed by atoms with Gasteiger partial charge in [0.2, 0.25) is 11.8 Å². The number of nitrogens with zero attached hydrogens (tertiary/aromatic N) is 3. The summed E-state index contributed by atoms with van der Waals surface area (Å²) in [7, 11) is 0. The summed E-state index contributed by atoms with van der Waals surface area (Å²) in [6, 6.07) is 0.818. The van der Waals surface area contributed by atoms with E-state index in [-0.39, 0.29) is 24.3 Å². The first-order valence-electron chi connectivity index (χ1n) is 6.91. The van der Waals surface area contributed by atoms with Crippen LogP contribution in [0.4, 0.5) is 0 Å². The lowest BCUT2D eigenvalue weighted by Gasteiger charge is -2.39. The van der Waals surface area contributed by atoms with Gasteiger partial charge in [0.1, 0.15) is 17.9 Å². The Bertz CT molecular complexity index is 489. The van der Waals surface area contributed by atoms with Crippen molar-refractivity contribution >= 4 is 11.8 Å². The summed E-state index contributed by atoms with van der Waals surface area (Å²) >= 11 is 0. The van der Waals surface area contributed by atoms with E-state index in [1.165, 1.54) is 0 Å². The van der Waals surface area contributed by atoms with Crippen molar-refractivity contribution in [3.8, 4) is 0 Å². The fraction of sp³-hybridized carbons (Fsp3) is 0.571. The third-order valence-electron chi connectivity index (χ3n) is 3.51. The molecule has 2 amide bonds. The first kappa shape index (κ1) is 14.4. The van der Waals surface area contributed by atoms with Crippen molar-refractivity contribution in [2.45, 2.75) is 45.8 Å². The summed E-state index contributed by atoms with van der Waals surface area (Å²) in [6.07, 6.45) is 3.85. The van der Waals surface area contributed by atoms with E-state index in [0.717, 1.165) is 0 Å². The number of hydrogen-bond donors (Lipinski definition) is 1. The molecule has 108 valence electrons. The summed E-state index contributed by atoms with van der Waals surface area (Å²) in [5.41, 5.74) is 0. The third-order valence-corrected chi connectivity index (χ3v) is 3.51. The molecule has 0 radical (unpaired) electrons. The van der Waals surface area contributed by atoms with Gasteiger partial charge in [-0.2, -0.15) is 0 Å². The summed E-state index contributed by atoms with van der Waals surface area (Å²) < 4.78 is 0. The second-order valence-electron chi connectivity index (χ2n) is 5.29. The highest BCUT2D eigenvalue weighted by atomic mass is 16.2. The van der Waals surface area contributed by atoms with E-state index in [2.05, 4.69) is 15.3 Å². The molecule has 1 aromatic rings. The van der Waals surface area contributed by atoms with Gasteiger partial charge in [0.15, 0.2) is 0 Å². The smallest absolute Gasteiger partial charge is 0.246 e. The fourth-order valence-electron chi connectivity index (χ4n) is 2.39. The molecule has 6 heteroatoms. The maximum atomic E-state index is 12.5. The molecule has 1 saturated heterocycles. The van der Waals surface area contributed by atoms with Crippen molar-refractivity contribution in [2.24, 2.45) is 5.92 Å². The van der Waals surface area contributed by atoms with Crippen molar-refractivity contribution in [2.75, 3.05) is 0 Å². The summed E-state index contributed by atoms with van der Waals surface area (Å²) in [6.45, 7) is 6.01. The second-order valence-corrected chi connectivity index (χ2v) is 5.29. The Morgan fingerprint density at radius 1 is 1.30 bits per heavy atom. The molecule has 6 nitrogen and oxygen atoms in total. The average Bonchev–Trinajstić information content (AvgIpc) is 2.43. The zero-order valence-corrected chi connectivity index (χ0v) is 12.0. The number of piperazine rings is 1. The minimum atomic E-state index is -0.464. The SMILES string of the molecule is CCC1C(=O)NC(C(C)C)C(=O)N1Cc1ncccn1. The van der Waals surface area contributed by atoms with Gasteiger partial charge < -0.3 is 10.2 Å². The van der Waals surface area contributed by atoms with Crippen LogP contribution in [0.5, 0.6) is 0 Å². The van der Waals surface area contributed by atoms with Gasteiger partial charge in [-0.05, 0) is 18.4 Å². The molecule has 2 unspecified atom stereocenters. The molecule has 2 atom stereocenters. The molecule has 1 fully saturated rings. The van der Waals surface area contributed by atoms with Crippen LogP contribution in [-0.2, 0) is 16.1 Å². The van der Waals surface area contributed by atoms with Crippen molar-refractivity contribution in [3.63, 3.8) is 0 Å². The Labute approximate surface area is 118 Å². The standard InChI is InChI=1S/C14H20N4O2/c1-4-10-13(19)17-12(9(2)3)14(20)18(10)8-11-15-6-5-7-16-11/h5-7,9-10,12H,4,8H2,1-3H3,(H,17,19). The predicted molar refractivity (Wildman–Crippen MR) is 73.4 cm³/mol. The minimum absolute atomic E-state index is 0.0566. The average molecular weight is 276 g/mol. The lowest BCUT2D eigenvalue weighted by Crippen LogP contribution is -2.64. The summed E-state index contributed by atoms with van der Waals surface area (Å²) in [5, 5.41) is 2.81. The van der Waals surface area contributed by atoms with Gasteiger partial charge in [-0.25, -0.2) is 9.97 Å². The molecule has 20 heavy (non-hydrogen) atoms. The van der Waals surface area contributed by atoms with Crippen LogP contribution in [0.3, 0.4) is 0 Å². The number of carbonyl (C=O) groups excluding carboxylic acids is 2. The van der Waals surface area contributed by atoms with Crippen LogP contribution >= 0.6 is 0 Å². The van der Waals surface area contributed by atoms with Crippen LogP contribution in [0.15, 0.2) is 18.5 Å². The molecule has 0 aromatic carbocycles. The van der Waals surface area contributed by atoms with E-state index >= 15 is 0 Å². The largest absolute Gasteiger partial charge is 0.342 e. The highest BCUT2D eigenvalue weighted by Gasteiger charge is 2.40. The lowest BCUT2D eigenvalue weighted by molar-refractivity contribution is -0.151. The van der Waals surface area contributed by atoms with Gasteiger partial charge in [-0.15, -0.1) is 0 Å². The first-order valence-corrected chi connectivity index (χ1v) is 6.91. The Hall–Kier alpha value is -1.98. The van der Waals surface area contributed by atoms with Crippen molar-refractivity contribution in [1.29, 1.82) is 0 Å². The molecule has 1 aromatic heterocycles. The number of hydrogen-bond acceptors (Lipinski definition) is 4. The molecule has 1 aliphatic rings. The molecule has 0 aliphatic carbocycles. The van der Waals surface area contributed by atoms with Crippen LogP contribution in [0.25, 0.3) is 0 Å². The van der Waals surface area contributed by atoms with E-state index in [1.807, 2.05) is 20.8 Å². The van der Waals surface area contributed by atoms with Crippen molar-refractivity contribution in [3.05, 3.63) is 24.3 Å². The highest BCUT2D eigenvalue weighted by Crippen LogP contribution is 2.19. The Balaban J connectivity index is 2.25. The first-order chi connectivity index (χ1) is 9.54. The fourth-order valence-corrected chi connectivity index (χ4v) is 2.39. The maximum Gasteiger partial charge on any atom is 0.246 e. The molecular weight excluding hydrogens is 256 g/mol. The predicted octanol–water partition coefficient (Wildman–Crippen LogP) is 0.738. The number of nitrogens with one attached hydrogen (secondary N) is 1. The zero-order valence-electron chi connectivity index (χ0n) is 12.0. The third kappa shape index (κ3) is 2.79. The number of amides is 2. The van der Waals surface area contributed by atoms with Crippen LogP contribution in [-0.4, -0.2) is 38.8 Å². The number of aromatic nitrogens is 2. The van der Waals surface area contributed by atoms with Crippen LogP contribution < -0.4 is 5.32 Å². The van der Waals surface area contributed by atoms with Crippen LogP contribution in [0.1, 0.15) is 33.0 Å². The van der Waals surface area contributed by atoms with Crippen molar-refractivity contribution < 1.29 is 9.59 Å². The van der Waals surface area contributed by atoms with Crippen LogP contribution in [0.2, 0.25) is 0 Å². The molecule has 1 aliphatic heterocycles. The Morgan fingerprint density at radius 3 is 2.50 bits per heavy atom. The summed E-state index contributed by atoms with van der Waals surface area (Å²) in [5.74, 6) is 0.459. The van der Waals surface area contributed by atoms with E-state index in [9.17, 15) is 9.59 Å². The molecular formula is C14H20N4O2. The van der Waals surface area contributed by atoms with E-state index in [4.69, 9.17) is 0 Å². The molecule has 2 heterocycles. The topological polar surface area (TPSA) is 75.2 Å². The number of rotatable bonds is 4. The molecule has 0 spiro atoms. The van der Waals surface area contributed by atoms with E-state index in [0.29, 0.717) is 12.2 Å². The number of carbonyl (C=O) groups is 2. The van der Waals surface area contributed by atoms with E-state index in [1.54, 1.807) is 23.4 Å². The molecule has 0 saturated carbocycles. The lowest BCUT2D eigenvalue weighted by atomic mass is 9.97. The summed E-state index contributed by atoms with van der Waals surface area (Å²) in [4.78, 5) is 34.5. The van der Waals surface area contributed by atoms with Crippen LogP contribution in [0, 0.1) is 5.92 Å². The van der Waals surface area contributed by atoms with E-state index < -0.39 is 12.1 Å². The van der Waals surface area contributed by atoms with Gasteiger partial charge in [0.05, 0.1) is 6.54 Å². The van der Waals surface area contributed by atoms with Gasteiger partial charge in [0, 0.05) is 12.4 Å². The second kappa shape index (κ2) is 5.98. The van der Waals surface area contributed by atoms with Gasteiger partial charge in [-0.3, -0.25) is 9.59 Å². The quantitative estimate of drug-likeness (QED) is 0.880. The normalized spacial score (nSPS) is 23.1. The minimum Gasteiger partial charge on any atom is -0.342 e. The maximum absolute atomic E-state index is 12.5. The Morgan fingerprint density at radius 2 is 1.95 bits per heavy atom. The zero-order chi connectivity index (χ0) is 14.7. The molecule has 2 rings (SSSR count). The molecule has 1 N–H and O–H groups in total. The van der Waals surface area contributed by atoms with Crippen molar-refractivity contribution in [1.82, 2.24) is 20.2 Å².